The number of rotatable bonds is 0. The molecule has 0 spiro atoms. The van der Waals surface area contributed by atoms with Crippen LogP contribution in [0.4, 0.5) is 5.69 Å². The van der Waals surface area contributed by atoms with Gasteiger partial charge in [0, 0.05) is 6.20 Å². The van der Waals surface area contributed by atoms with Crippen LogP contribution in [-0.4, -0.2) is 4.98 Å². The molecule has 1 aromatic heterocycles. The number of aromatic nitrogens is 1. The molecule has 45 valence electrons. The van der Waals surface area contributed by atoms with E-state index < -0.39 is 0 Å². The Labute approximate surface area is 52.7 Å². The third-order valence-electron chi connectivity index (χ3n) is 1.18. The summed E-state index contributed by atoms with van der Waals surface area (Å²) in [6.07, 6.45) is 3.39. The van der Waals surface area contributed by atoms with E-state index in [4.69, 9.17) is 4.74 Å². The zero-order chi connectivity index (χ0) is 6.10. The summed E-state index contributed by atoms with van der Waals surface area (Å²) in [6.45, 7) is 1.53. The highest BCUT2D eigenvalue weighted by molar-refractivity contribution is 5.58. The van der Waals surface area contributed by atoms with Crippen molar-refractivity contribution >= 4 is 5.69 Å². The highest BCUT2D eigenvalue weighted by Crippen LogP contribution is 2.27. The molecule has 0 saturated carbocycles. The lowest BCUT2D eigenvalue weighted by Crippen LogP contribution is -1.86. The van der Waals surface area contributed by atoms with Crippen molar-refractivity contribution in [1.29, 1.82) is 0 Å². The van der Waals surface area contributed by atoms with Crippen LogP contribution in [-0.2, 0) is 0 Å². The zero-order valence-corrected chi connectivity index (χ0v) is 4.66. The molecule has 9 heavy (non-hydrogen) atoms. The van der Waals surface area contributed by atoms with Crippen LogP contribution in [0.5, 0.6) is 5.75 Å². The fraction of sp³-hybridized carbons (Fsp3) is 0. The molecule has 0 aliphatic carbocycles. The molecule has 1 aliphatic heterocycles. The second kappa shape index (κ2) is 1.62. The van der Waals surface area contributed by atoms with Gasteiger partial charge < -0.3 is 10.1 Å². The molecule has 0 unspecified atom stereocenters. The lowest BCUT2D eigenvalue weighted by molar-refractivity contribution is 0.445. The largest absolute Gasteiger partial charge is 0.461 e. The quantitative estimate of drug-likeness (QED) is 0.556. The van der Waals surface area contributed by atoms with Gasteiger partial charge in [-0.05, 0) is 6.07 Å². The fourth-order valence-electron chi connectivity index (χ4n) is 0.750. The number of hydrogen-bond donors (Lipinski definition) is 1. The Kier molecular flexibility index (Phi) is 0.828. The minimum atomic E-state index is 0.789. The molecule has 2 heterocycles. The van der Waals surface area contributed by atoms with Crippen LogP contribution in [0.25, 0.3) is 0 Å². The number of pyridine rings is 1. The molecule has 0 fully saturated rings. The molecular formula is C6H5N2O. The van der Waals surface area contributed by atoms with E-state index in [-0.39, 0.29) is 0 Å². The number of nitrogens with zero attached hydrogens (tertiary/aromatic N) is 1. The predicted molar refractivity (Wildman–Crippen MR) is 32.8 cm³/mol. The van der Waals surface area contributed by atoms with Crippen molar-refractivity contribution in [3.63, 3.8) is 0 Å². The Hall–Kier alpha value is -1.25. The van der Waals surface area contributed by atoms with Gasteiger partial charge in [-0.1, -0.05) is 0 Å². The molecule has 0 bridgehead atoms. The topological polar surface area (TPSA) is 34.2 Å². The van der Waals surface area contributed by atoms with E-state index in [1.807, 2.05) is 6.07 Å². The number of nitrogens with one attached hydrogen (secondary N) is 1. The Bertz CT molecular complexity index is 201. The van der Waals surface area contributed by atoms with Gasteiger partial charge in [0.15, 0.2) is 5.75 Å². The van der Waals surface area contributed by atoms with Gasteiger partial charge in [-0.25, -0.2) is 0 Å². The molecule has 1 aliphatic rings. The van der Waals surface area contributed by atoms with Crippen molar-refractivity contribution in [2.75, 3.05) is 5.32 Å². The van der Waals surface area contributed by atoms with E-state index >= 15 is 0 Å². The van der Waals surface area contributed by atoms with E-state index in [1.54, 1.807) is 12.4 Å². The maximum atomic E-state index is 5.00. The smallest absolute Gasteiger partial charge is 0.226 e. The summed E-state index contributed by atoms with van der Waals surface area (Å²) in [4.78, 5) is 3.87. The van der Waals surface area contributed by atoms with Crippen molar-refractivity contribution in [3.8, 4) is 5.75 Å². The first-order valence-electron chi connectivity index (χ1n) is 2.66. The lowest BCUT2D eigenvalue weighted by atomic mass is 10.4. The van der Waals surface area contributed by atoms with Gasteiger partial charge in [0.1, 0.15) is 0 Å². The molecule has 0 saturated heterocycles. The predicted octanol–water partition coefficient (Wildman–Crippen LogP) is 1.01. The summed E-state index contributed by atoms with van der Waals surface area (Å²) in [6, 6.07) is 1.86. The van der Waals surface area contributed by atoms with Crippen LogP contribution < -0.4 is 10.1 Å². The Morgan fingerprint density at radius 2 is 2.56 bits per heavy atom. The summed E-state index contributed by atoms with van der Waals surface area (Å²) in [5, 5.41) is 2.91. The van der Waals surface area contributed by atoms with E-state index in [9.17, 15) is 0 Å². The van der Waals surface area contributed by atoms with Crippen molar-refractivity contribution in [1.82, 2.24) is 4.98 Å². The second-order valence-corrected chi connectivity index (χ2v) is 1.75. The second-order valence-electron chi connectivity index (χ2n) is 1.75. The molecule has 1 N–H and O–H groups in total. The average Bonchev–Trinajstić information content (AvgIpc) is 2.33. The van der Waals surface area contributed by atoms with Crippen molar-refractivity contribution in [2.24, 2.45) is 0 Å². The zero-order valence-electron chi connectivity index (χ0n) is 4.66. The van der Waals surface area contributed by atoms with E-state index in [0.29, 0.717) is 0 Å². The normalized spacial score (nSPS) is 13.8. The van der Waals surface area contributed by atoms with E-state index in [1.165, 1.54) is 6.73 Å². The maximum Gasteiger partial charge on any atom is 0.226 e. The van der Waals surface area contributed by atoms with Crippen LogP contribution in [0, 0.1) is 6.73 Å². The molecule has 3 nitrogen and oxygen atoms in total. The third-order valence-corrected chi connectivity index (χ3v) is 1.18. The van der Waals surface area contributed by atoms with Gasteiger partial charge >= 0.3 is 0 Å². The molecule has 3 heteroatoms. The minimum Gasteiger partial charge on any atom is -0.461 e. The van der Waals surface area contributed by atoms with Gasteiger partial charge in [0.25, 0.3) is 0 Å². The van der Waals surface area contributed by atoms with E-state index in [2.05, 4.69) is 10.3 Å². The summed E-state index contributed by atoms with van der Waals surface area (Å²) in [5.41, 5.74) is 0.977. The molecule has 1 radical (unpaired) electrons. The first-order valence-corrected chi connectivity index (χ1v) is 2.66. The first kappa shape index (κ1) is 4.61. The number of hydrogen-bond acceptors (Lipinski definition) is 3. The Morgan fingerprint density at radius 1 is 1.56 bits per heavy atom. The van der Waals surface area contributed by atoms with Crippen LogP contribution in [0.3, 0.4) is 0 Å². The summed E-state index contributed by atoms with van der Waals surface area (Å²) < 4.78 is 5.00. The van der Waals surface area contributed by atoms with Crippen LogP contribution >= 0.6 is 0 Å². The monoisotopic (exact) mass is 121 g/mol. The molecule has 0 atom stereocenters. The maximum absolute atomic E-state index is 5.00. The van der Waals surface area contributed by atoms with Crippen LogP contribution in [0.15, 0.2) is 18.5 Å². The average molecular weight is 121 g/mol. The minimum absolute atomic E-state index is 0.789. The lowest BCUT2D eigenvalue weighted by Gasteiger charge is -1.90. The van der Waals surface area contributed by atoms with Crippen LogP contribution in [0.2, 0.25) is 0 Å². The molecular weight excluding hydrogens is 116 g/mol. The van der Waals surface area contributed by atoms with Crippen molar-refractivity contribution in [2.45, 2.75) is 0 Å². The van der Waals surface area contributed by atoms with Gasteiger partial charge in [-0.3, -0.25) is 4.98 Å². The van der Waals surface area contributed by atoms with Gasteiger partial charge in [-0.2, -0.15) is 0 Å². The standard InChI is InChI=1S/C6H5N2O/c1-2-7-3-6-5(1)8-4-9-6/h1-4,8H. The van der Waals surface area contributed by atoms with Crippen molar-refractivity contribution < 1.29 is 4.74 Å². The molecule has 0 amide bonds. The summed E-state index contributed by atoms with van der Waals surface area (Å²) in [7, 11) is 0. The Balaban J connectivity index is 2.54. The van der Waals surface area contributed by atoms with Gasteiger partial charge in [0.05, 0.1) is 11.9 Å². The third kappa shape index (κ3) is 0.614. The first-order chi connectivity index (χ1) is 4.47. The highest BCUT2D eigenvalue weighted by Gasteiger charge is 2.08. The Morgan fingerprint density at radius 3 is 3.44 bits per heavy atom. The molecule has 1 aromatic rings. The SMILES string of the molecule is [CH]1Nc2ccncc2O1. The van der Waals surface area contributed by atoms with E-state index in [0.717, 1.165) is 11.4 Å². The van der Waals surface area contributed by atoms with Crippen molar-refractivity contribution in [3.05, 3.63) is 25.2 Å². The van der Waals surface area contributed by atoms with Crippen LogP contribution in [0.1, 0.15) is 0 Å². The number of anilines is 1. The van der Waals surface area contributed by atoms with Gasteiger partial charge in [0.2, 0.25) is 6.73 Å². The number of fused-ring (bicyclic) bond motifs is 1. The highest BCUT2D eigenvalue weighted by atomic mass is 16.5. The summed E-state index contributed by atoms with van der Waals surface area (Å²) in [5.74, 6) is 0.789. The fourth-order valence-corrected chi connectivity index (χ4v) is 0.750. The summed E-state index contributed by atoms with van der Waals surface area (Å²) >= 11 is 0. The van der Waals surface area contributed by atoms with Gasteiger partial charge in [-0.15, -0.1) is 0 Å². The molecule has 2 rings (SSSR count). The molecule has 0 aromatic carbocycles. The number of ether oxygens (including phenoxy) is 1.